The van der Waals surface area contributed by atoms with Gasteiger partial charge < -0.3 is 10.1 Å². The second-order valence-corrected chi connectivity index (χ2v) is 4.33. The summed E-state index contributed by atoms with van der Waals surface area (Å²) in [6.07, 6.45) is 2.68. The second kappa shape index (κ2) is 3.45. The maximum atomic E-state index is 12.2. The van der Waals surface area contributed by atoms with E-state index in [1.165, 1.54) is 12.1 Å². The predicted octanol–water partition coefficient (Wildman–Crippen LogP) is 1.71. The highest BCUT2D eigenvalue weighted by molar-refractivity contribution is 5.93. The summed E-state index contributed by atoms with van der Waals surface area (Å²) >= 11 is 0. The van der Waals surface area contributed by atoms with Crippen LogP contribution in [0.1, 0.15) is 28.0 Å². The van der Waals surface area contributed by atoms with Crippen molar-refractivity contribution in [3.8, 4) is 0 Å². The number of aromatic nitrogens is 1. The monoisotopic (exact) mass is 229 g/mol. The lowest BCUT2D eigenvalue weighted by molar-refractivity contribution is 0.0697. The highest BCUT2D eigenvalue weighted by atomic mass is 16.4. The average Bonchev–Trinajstić information content (AvgIpc) is 2.77. The molecule has 1 aromatic carbocycles. The largest absolute Gasteiger partial charge is 0.478 e. The fourth-order valence-corrected chi connectivity index (χ4v) is 2.43. The summed E-state index contributed by atoms with van der Waals surface area (Å²) in [5.74, 6) is -1.01. The number of carbonyl (C=O) groups is 1. The molecule has 17 heavy (non-hydrogen) atoms. The van der Waals surface area contributed by atoms with Crippen LogP contribution >= 0.6 is 0 Å². The van der Waals surface area contributed by atoms with Gasteiger partial charge in [-0.05, 0) is 37.5 Å². The van der Waals surface area contributed by atoms with Crippen molar-refractivity contribution in [3.63, 3.8) is 0 Å². The quantitative estimate of drug-likeness (QED) is 0.782. The molecule has 4 heteroatoms. The Bertz CT molecular complexity index is 685. The first-order valence-electron chi connectivity index (χ1n) is 5.58. The van der Waals surface area contributed by atoms with Gasteiger partial charge in [-0.2, -0.15) is 0 Å². The molecule has 2 aromatic rings. The van der Waals surface area contributed by atoms with Crippen molar-refractivity contribution in [2.24, 2.45) is 0 Å². The molecule has 1 heterocycles. The molecular formula is C13H11NO3. The van der Waals surface area contributed by atoms with Gasteiger partial charge in [-0.15, -0.1) is 0 Å². The summed E-state index contributed by atoms with van der Waals surface area (Å²) in [4.78, 5) is 26.3. The zero-order valence-corrected chi connectivity index (χ0v) is 9.12. The van der Waals surface area contributed by atoms with Crippen LogP contribution in [-0.2, 0) is 12.8 Å². The van der Waals surface area contributed by atoms with Gasteiger partial charge in [0.1, 0.15) is 0 Å². The Hall–Kier alpha value is -2.10. The number of benzene rings is 1. The van der Waals surface area contributed by atoms with Crippen LogP contribution in [0.25, 0.3) is 10.9 Å². The highest BCUT2D eigenvalue weighted by Gasteiger charge is 2.17. The number of rotatable bonds is 1. The topological polar surface area (TPSA) is 70.2 Å². The number of hydrogen-bond donors (Lipinski definition) is 2. The molecule has 0 amide bonds. The normalized spacial score (nSPS) is 13.9. The number of H-pyrrole nitrogens is 1. The Morgan fingerprint density at radius 3 is 2.88 bits per heavy atom. The van der Waals surface area contributed by atoms with E-state index >= 15 is 0 Å². The third-order valence-corrected chi connectivity index (χ3v) is 3.29. The molecule has 3 rings (SSSR count). The van der Waals surface area contributed by atoms with Gasteiger partial charge in [-0.3, -0.25) is 4.79 Å². The van der Waals surface area contributed by atoms with Gasteiger partial charge in [0.05, 0.1) is 5.56 Å². The SMILES string of the molecule is O=C(O)c1ccc2[nH]c3c(c(=O)c2c1)CCC3. The van der Waals surface area contributed by atoms with Gasteiger partial charge in [0.2, 0.25) is 0 Å². The lowest BCUT2D eigenvalue weighted by atomic mass is 10.1. The zero-order valence-electron chi connectivity index (χ0n) is 9.12. The molecule has 0 fully saturated rings. The Morgan fingerprint density at radius 2 is 2.12 bits per heavy atom. The van der Waals surface area contributed by atoms with E-state index in [9.17, 15) is 9.59 Å². The van der Waals surface area contributed by atoms with Crippen LogP contribution in [0.2, 0.25) is 0 Å². The Morgan fingerprint density at radius 1 is 1.29 bits per heavy atom. The molecule has 0 radical (unpaired) electrons. The molecule has 0 saturated heterocycles. The van der Waals surface area contributed by atoms with E-state index < -0.39 is 5.97 Å². The molecule has 0 aliphatic heterocycles. The number of aryl methyl sites for hydroxylation is 1. The maximum Gasteiger partial charge on any atom is 0.335 e. The fourth-order valence-electron chi connectivity index (χ4n) is 2.43. The summed E-state index contributed by atoms with van der Waals surface area (Å²) < 4.78 is 0. The van der Waals surface area contributed by atoms with E-state index in [4.69, 9.17) is 5.11 Å². The minimum atomic E-state index is -1.01. The van der Waals surface area contributed by atoms with E-state index in [0.717, 1.165) is 36.0 Å². The second-order valence-electron chi connectivity index (χ2n) is 4.33. The van der Waals surface area contributed by atoms with Crippen molar-refractivity contribution in [3.05, 3.63) is 45.2 Å². The van der Waals surface area contributed by atoms with E-state index in [1.54, 1.807) is 6.07 Å². The number of carboxylic acid groups (broad SMARTS) is 1. The number of hydrogen-bond acceptors (Lipinski definition) is 2. The number of fused-ring (bicyclic) bond motifs is 2. The van der Waals surface area contributed by atoms with Crippen molar-refractivity contribution < 1.29 is 9.90 Å². The van der Waals surface area contributed by atoms with E-state index in [0.29, 0.717) is 5.39 Å². The number of pyridine rings is 1. The van der Waals surface area contributed by atoms with Crippen molar-refractivity contribution in [1.82, 2.24) is 4.98 Å². The zero-order chi connectivity index (χ0) is 12.0. The first-order chi connectivity index (χ1) is 8.16. The molecule has 0 unspecified atom stereocenters. The van der Waals surface area contributed by atoms with Crippen LogP contribution in [0.5, 0.6) is 0 Å². The molecule has 1 aliphatic carbocycles. The molecule has 0 atom stereocenters. The summed E-state index contributed by atoms with van der Waals surface area (Å²) in [6, 6.07) is 4.63. The van der Waals surface area contributed by atoms with Crippen LogP contribution in [-0.4, -0.2) is 16.1 Å². The molecule has 4 nitrogen and oxygen atoms in total. The van der Waals surface area contributed by atoms with Crippen molar-refractivity contribution >= 4 is 16.9 Å². The Kier molecular flexibility index (Phi) is 2.04. The van der Waals surface area contributed by atoms with Gasteiger partial charge in [0.25, 0.3) is 0 Å². The van der Waals surface area contributed by atoms with Gasteiger partial charge in [-0.25, -0.2) is 4.79 Å². The molecule has 2 N–H and O–H groups in total. The lowest BCUT2D eigenvalue weighted by Gasteiger charge is -2.04. The third kappa shape index (κ3) is 1.45. The van der Waals surface area contributed by atoms with Crippen molar-refractivity contribution in [2.45, 2.75) is 19.3 Å². The van der Waals surface area contributed by atoms with Crippen molar-refractivity contribution in [1.29, 1.82) is 0 Å². The number of aromatic carboxylic acids is 1. The number of nitrogens with one attached hydrogen (secondary N) is 1. The van der Waals surface area contributed by atoms with Gasteiger partial charge in [0.15, 0.2) is 5.43 Å². The van der Waals surface area contributed by atoms with Crippen LogP contribution in [0.4, 0.5) is 0 Å². The molecule has 1 aliphatic rings. The van der Waals surface area contributed by atoms with Crippen LogP contribution in [0.15, 0.2) is 23.0 Å². The van der Waals surface area contributed by atoms with Gasteiger partial charge >= 0.3 is 5.97 Å². The maximum absolute atomic E-state index is 12.2. The Labute approximate surface area is 96.9 Å². The summed E-state index contributed by atoms with van der Waals surface area (Å²) in [5, 5.41) is 9.39. The average molecular weight is 229 g/mol. The first-order valence-corrected chi connectivity index (χ1v) is 5.58. The molecular weight excluding hydrogens is 218 g/mol. The van der Waals surface area contributed by atoms with E-state index in [-0.39, 0.29) is 11.0 Å². The predicted molar refractivity (Wildman–Crippen MR) is 63.6 cm³/mol. The van der Waals surface area contributed by atoms with Crippen molar-refractivity contribution in [2.75, 3.05) is 0 Å². The van der Waals surface area contributed by atoms with Gasteiger partial charge in [-0.1, -0.05) is 0 Å². The summed E-state index contributed by atoms with van der Waals surface area (Å²) in [5.41, 5.74) is 2.68. The fraction of sp³-hybridized carbons (Fsp3) is 0.231. The minimum Gasteiger partial charge on any atom is -0.478 e. The van der Waals surface area contributed by atoms with Crippen LogP contribution in [0, 0.1) is 0 Å². The van der Waals surface area contributed by atoms with Crippen LogP contribution < -0.4 is 5.43 Å². The first kappa shape index (κ1) is 10.1. The standard InChI is InChI=1S/C13H11NO3/c15-12-8-2-1-3-10(8)14-11-5-4-7(13(16)17)6-9(11)12/h4-6H,1-3H2,(H,14,15)(H,16,17). The molecule has 0 saturated carbocycles. The Balaban J connectivity index is 2.37. The minimum absolute atomic E-state index is 0.0191. The van der Waals surface area contributed by atoms with E-state index in [1.807, 2.05) is 0 Å². The molecule has 0 bridgehead atoms. The van der Waals surface area contributed by atoms with Gasteiger partial charge in [0, 0.05) is 22.2 Å². The lowest BCUT2D eigenvalue weighted by Crippen LogP contribution is -2.11. The smallest absolute Gasteiger partial charge is 0.335 e. The van der Waals surface area contributed by atoms with E-state index in [2.05, 4.69) is 4.98 Å². The molecule has 86 valence electrons. The highest BCUT2D eigenvalue weighted by Crippen LogP contribution is 2.20. The number of aromatic amines is 1. The summed E-state index contributed by atoms with van der Waals surface area (Å²) in [7, 11) is 0. The molecule has 0 spiro atoms. The molecule has 1 aromatic heterocycles. The third-order valence-electron chi connectivity index (χ3n) is 3.29. The summed E-state index contributed by atoms with van der Waals surface area (Å²) in [6.45, 7) is 0. The van der Waals surface area contributed by atoms with Crippen LogP contribution in [0.3, 0.4) is 0 Å². The number of carboxylic acids is 1.